The second-order valence-electron chi connectivity index (χ2n) is 11.2. The molecule has 2 atom stereocenters. The molecule has 3 aliphatic rings. The molecule has 0 bridgehead atoms. The van der Waals surface area contributed by atoms with Gasteiger partial charge in [0.1, 0.15) is 17.3 Å². The highest BCUT2D eigenvalue weighted by Gasteiger charge is 2.57. The van der Waals surface area contributed by atoms with Crippen LogP contribution in [-0.2, 0) is 20.7 Å². The maximum absolute atomic E-state index is 12.6. The van der Waals surface area contributed by atoms with Gasteiger partial charge in [0.2, 0.25) is 8.32 Å². The third-order valence-electron chi connectivity index (χ3n) is 7.84. The number of Topliss-reactive ketones (excluding diaryl/α,β-unsaturated/α-hetero) is 1. The zero-order valence-corrected chi connectivity index (χ0v) is 21.7. The lowest BCUT2D eigenvalue weighted by molar-refractivity contribution is -0.329. The number of ketones is 1. The quantitative estimate of drug-likeness (QED) is 0.366. The lowest BCUT2D eigenvalue weighted by Crippen LogP contribution is -2.52. The Kier molecular flexibility index (Phi) is 6.51. The van der Waals surface area contributed by atoms with Crippen LogP contribution in [0.1, 0.15) is 83.3 Å². The molecule has 0 aromatic heterocycles. The number of hydrogen-bond donors (Lipinski definition) is 0. The summed E-state index contributed by atoms with van der Waals surface area (Å²) in [4.78, 5) is 12.6. The fraction of sp³-hybridized carbons (Fsp3) is 0.731. The zero-order chi connectivity index (χ0) is 23.1. The summed E-state index contributed by atoms with van der Waals surface area (Å²) in [5.74, 6) is 0.945. The molecule has 1 aromatic rings. The van der Waals surface area contributed by atoms with Crippen LogP contribution < -0.4 is 9.16 Å². The highest BCUT2D eigenvalue weighted by molar-refractivity contribution is 6.74. The first-order valence-electron chi connectivity index (χ1n) is 12.4. The number of benzene rings is 1. The van der Waals surface area contributed by atoms with Crippen molar-refractivity contribution in [3.63, 3.8) is 0 Å². The summed E-state index contributed by atoms with van der Waals surface area (Å²) in [6.07, 6.45) is 6.29. The topological polar surface area (TPSA) is 54.0 Å². The molecule has 0 N–H and O–H groups in total. The Morgan fingerprint density at radius 2 is 1.88 bits per heavy atom. The van der Waals surface area contributed by atoms with E-state index in [1.807, 2.05) is 0 Å². The Balaban J connectivity index is 1.81. The summed E-state index contributed by atoms with van der Waals surface area (Å²) in [5.41, 5.74) is 2.27. The summed E-state index contributed by atoms with van der Waals surface area (Å²) in [5, 5.41) is 0.0777. The molecule has 2 fully saturated rings. The van der Waals surface area contributed by atoms with E-state index in [0.29, 0.717) is 31.8 Å². The smallest absolute Gasteiger partial charge is 0.330 e. The van der Waals surface area contributed by atoms with E-state index in [9.17, 15) is 4.79 Å². The lowest BCUT2D eigenvalue weighted by Gasteiger charge is -2.47. The van der Waals surface area contributed by atoms with Gasteiger partial charge in [-0.05, 0) is 55.1 Å². The van der Waals surface area contributed by atoms with Gasteiger partial charge in [-0.25, -0.2) is 0 Å². The number of carbonyl (C=O) groups is 1. The average Bonchev–Trinajstić information content (AvgIpc) is 3.15. The summed E-state index contributed by atoms with van der Waals surface area (Å²) in [7, 11) is -2.08. The van der Waals surface area contributed by atoms with Crippen molar-refractivity contribution in [3.05, 3.63) is 23.3 Å². The van der Waals surface area contributed by atoms with Crippen LogP contribution >= 0.6 is 0 Å². The van der Waals surface area contributed by atoms with Crippen LogP contribution in [0.25, 0.3) is 0 Å². The minimum atomic E-state index is -2.08. The first kappa shape index (κ1) is 23.8. The predicted octanol–water partition coefficient (Wildman–Crippen LogP) is 6.35. The van der Waals surface area contributed by atoms with Gasteiger partial charge in [-0.3, -0.25) is 4.79 Å². The number of hydrogen-bond acceptors (Lipinski definition) is 5. The molecule has 0 radical (unpaired) electrons. The van der Waals surface area contributed by atoms with Crippen LogP contribution in [0.15, 0.2) is 12.1 Å². The maximum atomic E-state index is 12.6. The largest absolute Gasteiger partial charge is 0.543 e. The fourth-order valence-electron chi connectivity index (χ4n) is 4.99. The molecule has 1 aliphatic carbocycles. The second-order valence-corrected chi connectivity index (χ2v) is 15.9. The minimum absolute atomic E-state index is 0.00237. The second kappa shape index (κ2) is 8.77. The third-order valence-corrected chi connectivity index (χ3v) is 12.2. The molecule has 178 valence electrons. The number of aryl methyl sites for hydroxylation is 1. The molecule has 1 saturated carbocycles. The van der Waals surface area contributed by atoms with Gasteiger partial charge in [0, 0.05) is 24.3 Å². The summed E-state index contributed by atoms with van der Waals surface area (Å²) >= 11 is 0. The Morgan fingerprint density at radius 3 is 2.53 bits per heavy atom. The van der Waals surface area contributed by atoms with E-state index in [1.165, 1.54) is 18.4 Å². The minimum Gasteiger partial charge on any atom is -0.543 e. The number of rotatable bonds is 6. The van der Waals surface area contributed by atoms with Crippen LogP contribution in [0, 0.1) is 5.92 Å². The van der Waals surface area contributed by atoms with E-state index in [1.54, 1.807) is 0 Å². The predicted molar refractivity (Wildman–Crippen MR) is 128 cm³/mol. The molecule has 2 heterocycles. The van der Waals surface area contributed by atoms with Crippen LogP contribution in [-0.4, -0.2) is 33.3 Å². The van der Waals surface area contributed by atoms with Crippen LogP contribution in [0.5, 0.6) is 11.5 Å². The highest BCUT2D eigenvalue weighted by Crippen LogP contribution is 2.56. The van der Waals surface area contributed by atoms with Crippen molar-refractivity contribution >= 4 is 14.1 Å². The molecule has 32 heavy (non-hydrogen) atoms. The first-order valence-corrected chi connectivity index (χ1v) is 15.3. The van der Waals surface area contributed by atoms with Crippen LogP contribution in [0.4, 0.5) is 0 Å². The van der Waals surface area contributed by atoms with E-state index in [4.69, 9.17) is 18.6 Å². The van der Waals surface area contributed by atoms with Crippen molar-refractivity contribution in [2.75, 3.05) is 13.2 Å². The van der Waals surface area contributed by atoms with E-state index in [-0.39, 0.29) is 16.9 Å². The molecule has 2 aliphatic heterocycles. The summed E-state index contributed by atoms with van der Waals surface area (Å²) < 4.78 is 25.6. The highest BCUT2D eigenvalue weighted by atomic mass is 28.4. The van der Waals surface area contributed by atoms with Crippen molar-refractivity contribution in [2.24, 2.45) is 5.92 Å². The van der Waals surface area contributed by atoms with Gasteiger partial charge in [0.25, 0.3) is 0 Å². The molecule has 0 amide bonds. The van der Waals surface area contributed by atoms with E-state index < -0.39 is 14.3 Å². The number of carbonyl (C=O) groups excluding carboxylic acids is 1. The molecule has 0 unspecified atom stereocenters. The van der Waals surface area contributed by atoms with Gasteiger partial charge in [-0.2, -0.15) is 0 Å². The zero-order valence-electron chi connectivity index (χ0n) is 20.7. The SMILES string of the molecule is CCCCCc1cc2c(c(O[Si](C)(C)C(C)(C)C)c1)[C@H]1CC(=O)CC[C@H]1C1(OCCO1)O2. The molecule has 5 nitrogen and oxygen atoms in total. The Hall–Kier alpha value is -1.37. The normalized spacial score (nSPS) is 24.8. The standard InChI is InChI=1S/C26H40O5Si/c1-7-8-9-10-18-15-22-24(23(16-18)31-32(5,6)25(2,3)4)20-17-19(27)11-12-21(20)26(30-22)28-13-14-29-26/h15-16,20-21H,7-14,17H2,1-6H3/t20-,21+/m0/s1. The van der Waals surface area contributed by atoms with Crippen LogP contribution in [0.3, 0.4) is 0 Å². The molecular formula is C26H40O5Si. The van der Waals surface area contributed by atoms with Crippen molar-refractivity contribution in [1.29, 1.82) is 0 Å². The number of unbranched alkanes of at least 4 members (excludes halogenated alkanes) is 2. The van der Waals surface area contributed by atoms with Crippen molar-refractivity contribution in [2.45, 2.75) is 103 Å². The van der Waals surface area contributed by atoms with Gasteiger partial charge in [0.05, 0.1) is 19.1 Å². The monoisotopic (exact) mass is 460 g/mol. The van der Waals surface area contributed by atoms with Gasteiger partial charge in [-0.1, -0.05) is 40.5 Å². The van der Waals surface area contributed by atoms with E-state index >= 15 is 0 Å². The molecule has 1 aromatic carbocycles. The van der Waals surface area contributed by atoms with E-state index in [2.05, 4.69) is 52.9 Å². The Labute approximate surface area is 194 Å². The third kappa shape index (κ3) is 4.38. The average molecular weight is 461 g/mol. The van der Waals surface area contributed by atoms with Crippen LogP contribution in [0.2, 0.25) is 18.1 Å². The van der Waals surface area contributed by atoms with Crippen molar-refractivity contribution < 1.29 is 23.4 Å². The Bertz CT molecular complexity index is 851. The lowest BCUT2D eigenvalue weighted by atomic mass is 9.71. The van der Waals surface area contributed by atoms with Gasteiger partial charge in [-0.15, -0.1) is 0 Å². The molecule has 6 heteroatoms. The molecule has 1 spiro atoms. The van der Waals surface area contributed by atoms with Crippen molar-refractivity contribution in [3.8, 4) is 11.5 Å². The maximum Gasteiger partial charge on any atom is 0.330 e. The molecule has 1 saturated heterocycles. The molecular weight excluding hydrogens is 420 g/mol. The summed E-state index contributed by atoms with van der Waals surface area (Å²) in [6.45, 7) is 14.6. The first-order chi connectivity index (χ1) is 15.1. The molecule has 4 rings (SSSR count). The van der Waals surface area contributed by atoms with Crippen molar-refractivity contribution in [1.82, 2.24) is 0 Å². The number of fused-ring (bicyclic) bond motifs is 4. The number of ether oxygens (including phenoxy) is 3. The van der Waals surface area contributed by atoms with Gasteiger partial charge in [0.15, 0.2) is 0 Å². The fourth-order valence-corrected chi connectivity index (χ4v) is 6.01. The van der Waals surface area contributed by atoms with Gasteiger partial charge >= 0.3 is 5.97 Å². The van der Waals surface area contributed by atoms with Gasteiger partial charge < -0.3 is 18.6 Å². The van der Waals surface area contributed by atoms with E-state index in [0.717, 1.165) is 36.3 Å². The summed E-state index contributed by atoms with van der Waals surface area (Å²) in [6, 6.07) is 4.37. The Morgan fingerprint density at radius 1 is 1.16 bits per heavy atom.